The molecule has 0 aliphatic carbocycles. The number of ether oxygens (including phenoxy) is 1. The minimum atomic E-state index is -3.70. The van der Waals surface area contributed by atoms with Crippen LogP contribution in [0.5, 0.6) is 0 Å². The van der Waals surface area contributed by atoms with Gasteiger partial charge in [0.2, 0.25) is 10.0 Å². The summed E-state index contributed by atoms with van der Waals surface area (Å²) in [5.41, 5.74) is 5.68. The summed E-state index contributed by atoms with van der Waals surface area (Å²) in [7, 11) is -0.954. The Bertz CT molecular complexity index is 582. The number of nitrogens with two attached hydrogens (primary N) is 1. The van der Waals surface area contributed by atoms with Gasteiger partial charge in [0.1, 0.15) is 4.90 Å². The van der Waals surface area contributed by atoms with E-state index in [1.165, 1.54) is 29.3 Å². The summed E-state index contributed by atoms with van der Waals surface area (Å²) in [6.45, 7) is 2.77. The Hall–Kier alpha value is -1.61. The van der Waals surface area contributed by atoms with Gasteiger partial charge in [-0.1, -0.05) is 6.92 Å². The van der Waals surface area contributed by atoms with Gasteiger partial charge >= 0.3 is 5.97 Å². The Balaban J connectivity index is 2.77. The van der Waals surface area contributed by atoms with Crippen LogP contribution >= 0.6 is 0 Å². The first-order valence-corrected chi connectivity index (χ1v) is 8.13. The molecule has 0 saturated heterocycles. The van der Waals surface area contributed by atoms with Crippen LogP contribution in [0.3, 0.4) is 0 Å². The number of carbonyl (C=O) groups is 1. The molecule has 9 heteroatoms. The molecular weight excluding hydrogens is 296 g/mol. The number of hydrogen-bond acceptors (Lipinski definition) is 6. The lowest BCUT2D eigenvalue weighted by molar-refractivity contribution is -0.140. The summed E-state index contributed by atoms with van der Waals surface area (Å²) in [5, 5.41) is 3.99. The smallest absolute Gasteiger partial charge is 0.305 e. The van der Waals surface area contributed by atoms with Crippen LogP contribution < -0.4 is 5.73 Å². The van der Waals surface area contributed by atoms with E-state index in [9.17, 15) is 13.2 Å². The molecule has 2 N–H and O–H groups in total. The van der Waals surface area contributed by atoms with Crippen LogP contribution in [0.4, 0.5) is 5.82 Å². The number of aryl methyl sites for hydroxylation is 1. The lowest BCUT2D eigenvalue weighted by Gasteiger charge is -2.15. The third-order valence-electron chi connectivity index (χ3n) is 2.98. The van der Waals surface area contributed by atoms with Gasteiger partial charge in [0.25, 0.3) is 0 Å². The van der Waals surface area contributed by atoms with Crippen molar-refractivity contribution in [3.8, 4) is 0 Å². The zero-order valence-corrected chi connectivity index (χ0v) is 13.4. The van der Waals surface area contributed by atoms with Gasteiger partial charge in [-0.2, -0.15) is 5.10 Å². The lowest BCUT2D eigenvalue weighted by atomic mass is 10.3. The zero-order valence-electron chi connectivity index (χ0n) is 12.6. The second kappa shape index (κ2) is 7.41. The van der Waals surface area contributed by atoms with Crippen molar-refractivity contribution in [2.75, 3.05) is 26.4 Å². The van der Waals surface area contributed by atoms with Crippen LogP contribution in [0.15, 0.2) is 11.1 Å². The Morgan fingerprint density at radius 1 is 1.52 bits per heavy atom. The van der Waals surface area contributed by atoms with Gasteiger partial charge in [0.05, 0.1) is 7.11 Å². The molecule has 0 spiro atoms. The highest BCUT2D eigenvalue weighted by Gasteiger charge is 2.25. The number of methoxy groups -OCH3 is 1. The van der Waals surface area contributed by atoms with Crippen LogP contribution in [0.1, 0.15) is 26.2 Å². The fourth-order valence-electron chi connectivity index (χ4n) is 1.80. The summed E-state index contributed by atoms with van der Waals surface area (Å²) in [6, 6.07) is 0. The number of rotatable bonds is 8. The predicted molar refractivity (Wildman–Crippen MR) is 78.0 cm³/mol. The molecule has 0 aliphatic rings. The van der Waals surface area contributed by atoms with Gasteiger partial charge in [-0.3, -0.25) is 9.48 Å². The Kier molecular flexibility index (Phi) is 6.16. The van der Waals surface area contributed by atoms with Gasteiger partial charge in [0.15, 0.2) is 5.82 Å². The molecule has 0 fully saturated rings. The fourth-order valence-corrected chi connectivity index (χ4v) is 3.06. The molecule has 120 valence electrons. The molecule has 0 bridgehead atoms. The highest BCUT2D eigenvalue weighted by atomic mass is 32.2. The maximum Gasteiger partial charge on any atom is 0.305 e. The highest BCUT2D eigenvalue weighted by Crippen LogP contribution is 2.20. The van der Waals surface area contributed by atoms with E-state index in [1.54, 1.807) is 0 Å². The molecule has 0 radical (unpaired) electrons. The average molecular weight is 318 g/mol. The van der Waals surface area contributed by atoms with Crippen molar-refractivity contribution in [2.24, 2.45) is 0 Å². The first-order chi connectivity index (χ1) is 9.82. The molecule has 0 saturated carbocycles. The SMILES string of the molecule is CCCn1cc(S(=O)(=O)N(C)CCCC(=O)OC)c(N)n1. The number of hydrogen-bond donors (Lipinski definition) is 1. The molecule has 1 rings (SSSR count). The second-order valence-corrected chi connectivity index (χ2v) is 6.66. The van der Waals surface area contributed by atoms with Gasteiger partial charge in [-0.15, -0.1) is 0 Å². The summed E-state index contributed by atoms with van der Waals surface area (Å²) < 4.78 is 32.0. The third-order valence-corrected chi connectivity index (χ3v) is 4.85. The largest absolute Gasteiger partial charge is 0.469 e. The van der Waals surface area contributed by atoms with Crippen molar-refractivity contribution in [1.82, 2.24) is 14.1 Å². The first kappa shape index (κ1) is 17.4. The van der Waals surface area contributed by atoms with Crippen molar-refractivity contribution in [3.05, 3.63) is 6.20 Å². The number of nitrogens with zero attached hydrogens (tertiary/aromatic N) is 3. The molecule has 0 aromatic carbocycles. The summed E-state index contributed by atoms with van der Waals surface area (Å²) >= 11 is 0. The van der Waals surface area contributed by atoms with Crippen molar-refractivity contribution in [1.29, 1.82) is 0 Å². The second-order valence-electron chi connectivity index (χ2n) is 4.65. The number of esters is 1. The van der Waals surface area contributed by atoms with E-state index in [2.05, 4.69) is 9.84 Å². The van der Waals surface area contributed by atoms with E-state index >= 15 is 0 Å². The molecule has 0 atom stereocenters. The van der Waals surface area contributed by atoms with Crippen LogP contribution in [-0.2, 0) is 26.1 Å². The highest BCUT2D eigenvalue weighted by molar-refractivity contribution is 7.89. The van der Waals surface area contributed by atoms with E-state index < -0.39 is 10.0 Å². The van der Waals surface area contributed by atoms with Gasteiger partial charge < -0.3 is 10.5 Å². The lowest BCUT2D eigenvalue weighted by Crippen LogP contribution is -2.28. The van der Waals surface area contributed by atoms with Crippen molar-refractivity contribution < 1.29 is 17.9 Å². The zero-order chi connectivity index (χ0) is 16.0. The monoisotopic (exact) mass is 318 g/mol. The number of sulfonamides is 1. The van der Waals surface area contributed by atoms with Crippen LogP contribution in [0.25, 0.3) is 0 Å². The topological polar surface area (TPSA) is 108 Å². The average Bonchev–Trinajstić information content (AvgIpc) is 2.80. The molecule has 1 aromatic rings. The van der Waals surface area contributed by atoms with Crippen LogP contribution in [0, 0.1) is 0 Å². The fraction of sp³-hybridized carbons (Fsp3) is 0.667. The maximum atomic E-state index is 12.4. The molecule has 21 heavy (non-hydrogen) atoms. The van der Waals surface area contributed by atoms with Crippen molar-refractivity contribution >= 4 is 21.8 Å². The standard InChI is InChI=1S/C12H22N4O4S/c1-4-7-16-9-10(12(13)14-16)21(18,19)15(2)8-5-6-11(17)20-3/h9H,4-8H2,1-3H3,(H2,13,14). The van der Waals surface area contributed by atoms with E-state index in [1.807, 2.05) is 6.92 Å². The van der Waals surface area contributed by atoms with E-state index in [4.69, 9.17) is 5.73 Å². The molecule has 1 heterocycles. The number of carbonyl (C=O) groups excluding carboxylic acids is 1. The molecule has 0 aliphatic heterocycles. The first-order valence-electron chi connectivity index (χ1n) is 6.69. The Morgan fingerprint density at radius 3 is 2.76 bits per heavy atom. The van der Waals surface area contributed by atoms with Gasteiger partial charge in [0, 0.05) is 32.8 Å². The normalized spacial score (nSPS) is 11.8. The molecular formula is C12H22N4O4S. The van der Waals surface area contributed by atoms with Gasteiger partial charge in [-0.05, 0) is 12.8 Å². The number of anilines is 1. The Labute approximate surface area is 124 Å². The minimum absolute atomic E-state index is 0.00322. The third kappa shape index (κ3) is 4.43. The van der Waals surface area contributed by atoms with E-state index in [0.717, 1.165) is 6.42 Å². The number of nitrogen functional groups attached to an aromatic ring is 1. The van der Waals surface area contributed by atoms with Crippen molar-refractivity contribution in [3.63, 3.8) is 0 Å². The van der Waals surface area contributed by atoms with Gasteiger partial charge in [-0.25, -0.2) is 12.7 Å². The van der Waals surface area contributed by atoms with E-state index in [0.29, 0.717) is 13.0 Å². The quantitative estimate of drug-likeness (QED) is 0.697. The summed E-state index contributed by atoms with van der Waals surface area (Å²) in [6.07, 6.45) is 2.81. The predicted octanol–water partition coefficient (Wildman–Crippen LogP) is 0.449. The summed E-state index contributed by atoms with van der Waals surface area (Å²) in [4.78, 5) is 11.0. The van der Waals surface area contributed by atoms with Crippen molar-refractivity contribution in [2.45, 2.75) is 37.6 Å². The summed E-state index contributed by atoms with van der Waals surface area (Å²) in [5.74, 6) is -0.376. The van der Waals surface area contributed by atoms with E-state index in [-0.39, 0.29) is 29.6 Å². The molecule has 0 amide bonds. The molecule has 8 nitrogen and oxygen atoms in total. The number of aromatic nitrogens is 2. The maximum absolute atomic E-state index is 12.4. The Morgan fingerprint density at radius 2 is 2.19 bits per heavy atom. The van der Waals surface area contributed by atoms with Crippen LogP contribution in [0.2, 0.25) is 0 Å². The molecule has 1 aromatic heterocycles. The van der Waals surface area contributed by atoms with Crippen LogP contribution in [-0.4, -0.2) is 49.2 Å². The molecule has 0 unspecified atom stereocenters. The minimum Gasteiger partial charge on any atom is -0.469 e.